The molecule has 128 valence electrons. The van der Waals surface area contributed by atoms with Gasteiger partial charge in [-0.3, -0.25) is 9.88 Å². The Morgan fingerprint density at radius 3 is 2.79 bits per heavy atom. The van der Waals surface area contributed by atoms with Gasteiger partial charge in [-0.15, -0.1) is 0 Å². The van der Waals surface area contributed by atoms with Gasteiger partial charge in [0.2, 0.25) is 0 Å². The first-order valence-corrected chi connectivity index (χ1v) is 9.10. The third-order valence-corrected chi connectivity index (χ3v) is 5.44. The highest BCUT2D eigenvalue weighted by Crippen LogP contribution is 2.33. The van der Waals surface area contributed by atoms with E-state index >= 15 is 0 Å². The molecule has 1 atom stereocenters. The number of aromatic nitrogens is 3. The minimum atomic E-state index is 0.409. The Kier molecular flexibility index (Phi) is 4.63. The number of hydrogen-bond donors (Lipinski definition) is 0. The van der Waals surface area contributed by atoms with Crippen molar-refractivity contribution in [3.05, 3.63) is 47.8 Å². The lowest BCUT2D eigenvalue weighted by atomic mass is 10.1. The molecule has 0 spiro atoms. The molecule has 4 rings (SSSR count). The first-order chi connectivity index (χ1) is 11.8. The predicted molar refractivity (Wildman–Crippen MR) is 92.3 cm³/mol. The standard InChI is InChI=1S/C19H26N4O/c1-15-19-21-12-18(14-24-13-16-6-4-5-9-20-16)23(19)11-10-22(15)17-7-2-3-8-17/h4-6,9,12,15,17H,2-3,7-8,10-11,13-14H2,1H3/t15-/m0/s1. The quantitative estimate of drug-likeness (QED) is 0.845. The number of ether oxygens (including phenoxy) is 1. The van der Waals surface area contributed by atoms with E-state index in [2.05, 4.69) is 21.4 Å². The topological polar surface area (TPSA) is 43.2 Å². The summed E-state index contributed by atoms with van der Waals surface area (Å²) in [5, 5.41) is 0. The number of rotatable bonds is 5. The smallest absolute Gasteiger partial charge is 0.126 e. The van der Waals surface area contributed by atoms with Crippen molar-refractivity contribution in [1.29, 1.82) is 0 Å². The maximum Gasteiger partial charge on any atom is 0.126 e. The van der Waals surface area contributed by atoms with Crippen molar-refractivity contribution >= 4 is 0 Å². The Morgan fingerprint density at radius 2 is 2.00 bits per heavy atom. The van der Waals surface area contributed by atoms with Gasteiger partial charge in [0.25, 0.3) is 0 Å². The van der Waals surface area contributed by atoms with Gasteiger partial charge >= 0.3 is 0 Å². The van der Waals surface area contributed by atoms with Gasteiger partial charge in [0.05, 0.1) is 36.8 Å². The maximum atomic E-state index is 5.86. The molecule has 0 aromatic carbocycles. The van der Waals surface area contributed by atoms with Crippen LogP contribution < -0.4 is 0 Å². The van der Waals surface area contributed by atoms with E-state index in [1.807, 2.05) is 24.4 Å². The Hall–Kier alpha value is -1.72. The van der Waals surface area contributed by atoms with Crippen molar-refractivity contribution in [3.8, 4) is 0 Å². The Bertz CT molecular complexity index is 663. The fraction of sp³-hybridized carbons (Fsp3) is 0.579. The van der Waals surface area contributed by atoms with E-state index in [9.17, 15) is 0 Å². The van der Waals surface area contributed by atoms with Crippen molar-refractivity contribution in [3.63, 3.8) is 0 Å². The van der Waals surface area contributed by atoms with Gasteiger partial charge in [-0.25, -0.2) is 4.98 Å². The number of nitrogens with zero attached hydrogens (tertiary/aromatic N) is 4. The first kappa shape index (κ1) is 15.8. The molecule has 1 aliphatic heterocycles. The van der Waals surface area contributed by atoms with Crippen molar-refractivity contribution in [2.24, 2.45) is 0 Å². The molecular weight excluding hydrogens is 300 g/mol. The third kappa shape index (κ3) is 3.10. The maximum absolute atomic E-state index is 5.86. The molecule has 2 aromatic heterocycles. The second kappa shape index (κ2) is 7.03. The van der Waals surface area contributed by atoms with Crippen LogP contribution in [0.2, 0.25) is 0 Å². The van der Waals surface area contributed by atoms with Crippen molar-refractivity contribution in [2.45, 2.75) is 64.4 Å². The monoisotopic (exact) mass is 326 g/mol. The zero-order chi connectivity index (χ0) is 16.4. The molecule has 0 N–H and O–H groups in total. The van der Waals surface area contributed by atoms with Crippen LogP contribution in [0, 0.1) is 0 Å². The second-order valence-electron chi connectivity index (χ2n) is 6.93. The molecule has 0 unspecified atom stereocenters. The average Bonchev–Trinajstić information content (AvgIpc) is 3.27. The molecule has 2 aliphatic rings. The summed E-state index contributed by atoms with van der Waals surface area (Å²) < 4.78 is 8.21. The molecule has 0 radical (unpaired) electrons. The van der Waals surface area contributed by atoms with Gasteiger partial charge in [-0.05, 0) is 31.9 Å². The summed E-state index contributed by atoms with van der Waals surface area (Å²) in [5.41, 5.74) is 2.15. The van der Waals surface area contributed by atoms with Gasteiger partial charge in [0.1, 0.15) is 5.82 Å². The summed E-state index contributed by atoms with van der Waals surface area (Å²) in [6.45, 7) is 5.60. The van der Waals surface area contributed by atoms with Gasteiger partial charge in [0, 0.05) is 25.3 Å². The zero-order valence-corrected chi connectivity index (χ0v) is 14.4. The van der Waals surface area contributed by atoms with Crippen LogP contribution in [-0.2, 0) is 24.5 Å². The predicted octanol–water partition coefficient (Wildman–Crippen LogP) is 3.31. The van der Waals surface area contributed by atoms with Crippen molar-refractivity contribution in [1.82, 2.24) is 19.4 Å². The summed E-state index contributed by atoms with van der Waals surface area (Å²) in [7, 11) is 0. The summed E-state index contributed by atoms with van der Waals surface area (Å²) >= 11 is 0. The van der Waals surface area contributed by atoms with Crippen LogP contribution >= 0.6 is 0 Å². The van der Waals surface area contributed by atoms with Crippen molar-refractivity contribution < 1.29 is 4.74 Å². The van der Waals surface area contributed by atoms with Crippen LogP contribution in [0.3, 0.4) is 0 Å². The van der Waals surface area contributed by atoms with E-state index in [1.165, 1.54) is 37.2 Å². The van der Waals surface area contributed by atoms with Crippen LogP contribution in [0.25, 0.3) is 0 Å². The summed E-state index contributed by atoms with van der Waals surface area (Å²) in [4.78, 5) is 11.7. The molecule has 24 heavy (non-hydrogen) atoms. The molecule has 5 nitrogen and oxygen atoms in total. The van der Waals surface area contributed by atoms with E-state index < -0.39 is 0 Å². The van der Waals surface area contributed by atoms with Gasteiger partial charge in [-0.1, -0.05) is 18.9 Å². The van der Waals surface area contributed by atoms with E-state index in [0.29, 0.717) is 19.3 Å². The zero-order valence-electron chi connectivity index (χ0n) is 14.4. The summed E-state index contributed by atoms with van der Waals surface area (Å²) in [6, 6.07) is 7.08. The molecule has 0 bridgehead atoms. The Labute approximate surface area is 143 Å². The number of imidazole rings is 1. The minimum absolute atomic E-state index is 0.409. The fourth-order valence-corrected chi connectivity index (χ4v) is 4.17. The van der Waals surface area contributed by atoms with Crippen LogP contribution in [-0.4, -0.2) is 32.0 Å². The number of pyridine rings is 1. The molecular formula is C19H26N4O. The Balaban J connectivity index is 1.40. The number of hydrogen-bond acceptors (Lipinski definition) is 4. The molecule has 0 saturated heterocycles. The van der Waals surface area contributed by atoms with E-state index in [1.54, 1.807) is 6.20 Å². The van der Waals surface area contributed by atoms with Crippen LogP contribution in [0.5, 0.6) is 0 Å². The normalized spacial score (nSPS) is 22.0. The lowest BCUT2D eigenvalue weighted by molar-refractivity contribution is 0.0878. The average molecular weight is 326 g/mol. The second-order valence-corrected chi connectivity index (χ2v) is 6.93. The number of fused-ring (bicyclic) bond motifs is 1. The molecule has 1 aliphatic carbocycles. The third-order valence-electron chi connectivity index (χ3n) is 5.44. The molecule has 0 amide bonds. The van der Waals surface area contributed by atoms with Gasteiger partial charge in [-0.2, -0.15) is 0 Å². The molecule has 2 aromatic rings. The van der Waals surface area contributed by atoms with Crippen LogP contribution in [0.4, 0.5) is 0 Å². The Morgan fingerprint density at radius 1 is 1.12 bits per heavy atom. The summed E-state index contributed by atoms with van der Waals surface area (Å²) in [5.74, 6) is 1.20. The van der Waals surface area contributed by atoms with Crippen molar-refractivity contribution in [2.75, 3.05) is 6.54 Å². The first-order valence-electron chi connectivity index (χ1n) is 9.10. The molecule has 3 heterocycles. The summed E-state index contributed by atoms with van der Waals surface area (Å²) in [6.07, 6.45) is 9.27. The van der Waals surface area contributed by atoms with E-state index in [0.717, 1.165) is 24.8 Å². The highest BCUT2D eigenvalue weighted by atomic mass is 16.5. The van der Waals surface area contributed by atoms with Gasteiger partial charge < -0.3 is 9.30 Å². The van der Waals surface area contributed by atoms with Crippen LogP contribution in [0.1, 0.15) is 55.9 Å². The fourth-order valence-electron chi connectivity index (χ4n) is 4.17. The molecule has 1 fully saturated rings. The van der Waals surface area contributed by atoms with Gasteiger partial charge in [0.15, 0.2) is 0 Å². The lowest BCUT2D eigenvalue weighted by Gasteiger charge is -2.38. The van der Waals surface area contributed by atoms with E-state index in [4.69, 9.17) is 9.72 Å². The highest BCUT2D eigenvalue weighted by Gasteiger charge is 2.32. The van der Waals surface area contributed by atoms with Crippen LogP contribution in [0.15, 0.2) is 30.6 Å². The SMILES string of the molecule is C[C@H]1c2ncc(COCc3ccccn3)n2CCN1C1CCCC1. The molecule has 5 heteroatoms. The molecule has 1 saturated carbocycles. The lowest BCUT2D eigenvalue weighted by Crippen LogP contribution is -2.43. The largest absolute Gasteiger partial charge is 0.369 e. The highest BCUT2D eigenvalue weighted by molar-refractivity contribution is 5.11. The van der Waals surface area contributed by atoms with E-state index in [-0.39, 0.29) is 0 Å². The minimum Gasteiger partial charge on any atom is -0.369 e.